The average molecular weight is 379 g/mol. The van der Waals surface area contributed by atoms with Crippen LogP contribution in [0.2, 0.25) is 0 Å². The molecule has 1 aliphatic heterocycles. The predicted octanol–water partition coefficient (Wildman–Crippen LogP) is 0.765. The number of hydrogen-bond acceptors (Lipinski definition) is 6. The van der Waals surface area contributed by atoms with Crippen LogP contribution in [0.1, 0.15) is 20.8 Å². The summed E-state index contributed by atoms with van der Waals surface area (Å²) in [4.78, 5) is 21.7. The van der Waals surface area contributed by atoms with Gasteiger partial charge in [0.05, 0.1) is 6.04 Å². The Kier molecular flexibility index (Phi) is 7.89. The average Bonchev–Trinajstić information content (AvgIpc) is 2.92. The molecule has 3 atom stereocenters. The molecule has 8 heteroatoms. The third-order valence-corrected chi connectivity index (χ3v) is 5.37. The van der Waals surface area contributed by atoms with Gasteiger partial charge in [-0.15, -0.1) is 0 Å². The normalized spacial score (nSPS) is 28.6. The van der Waals surface area contributed by atoms with E-state index in [1.807, 2.05) is 18.2 Å². The van der Waals surface area contributed by atoms with Crippen LogP contribution in [0.4, 0.5) is 4.79 Å². The molecule has 1 heterocycles. The molecule has 1 saturated heterocycles. The molecular formula is C18H30AlN3O4. The van der Waals surface area contributed by atoms with E-state index in [0.29, 0.717) is 27.8 Å². The van der Waals surface area contributed by atoms with Crippen LogP contribution in [0.3, 0.4) is 0 Å². The summed E-state index contributed by atoms with van der Waals surface area (Å²) >= 11 is 0.495. The molecule has 4 N–H and O–H groups in total. The van der Waals surface area contributed by atoms with E-state index < -0.39 is 0 Å². The molecule has 0 aromatic carbocycles. The summed E-state index contributed by atoms with van der Waals surface area (Å²) in [6.07, 6.45) is 7.73. The van der Waals surface area contributed by atoms with Gasteiger partial charge in [-0.1, -0.05) is 39.0 Å². The molecule has 1 amide bonds. The van der Waals surface area contributed by atoms with Gasteiger partial charge in [0, 0.05) is 30.1 Å². The van der Waals surface area contributed by atoms with E-state index in [2.05, 4.69) is 42.8 Å². The predicted molar refractivity (Wildman–Crippen MR) is 103 cm³/mol. The lowest BCUT2D eigenvalue weighted by Gasteiger charge is -2.26. The Balaban J connectivity index is 1.74. The summed E-state index contributed by atoms with van der Waals surface area (Å²) in [7, 11) is 0. The van der Waals surface area contributed by atoms with Crippen molar-refractivity contribution in [2.45, 2.75) is 32.9 Å². The second-order valence-corrected chi connectivity index (χ2v) is 8.31. The number of nitrogens with one attached hydrogen (secondary N) is 3. The number of carbonyl (C=O) groups excluding carboxylic acids is 1. The van der Waals surface area contributed by atoms with E-state index in [0.717, 1.165) is 13.1 Å². The van der Waals surface area contributed by atoms with E-state index in [-0.39, 0.29) is 41.4 Å². The van der Waals surface area contributed by atoms with Gasteiger partial charge >= 0.3 is 16.3 Å². The summed E-state index contributed by atoms with van der Waals surface area (Å²) in [5, 5.41) is 19.7. The number of hydrogen-bond donors (Lipinski definition) is 4. The molecule has 2 rings (SSSR count). The fourth-order valence-electron chi connectivity index (χ4n) is 2.97. The van der Waals surface area contributed by atoms with E-state index in [9.17, 15) is 9.90 Å². The molecule has 2 aliphatic rings. The Morgan fingerprint density at radius 1 is 1.42 bits per heavy atom. The van der Waals surface area contributed by atoms with Crippen LogP contribution >= 0.6 is 0 Å². The highest BCUT2D eigenvalue weighted by Gasteiger charge is 2.27. The summed E-state index contributed by atoms with van der Waals surface area (Å²) in [5.41, 5.74) is 0.483. The Bertz CT molecular complexity index is 591. The zero-order chi connectivity index (χ0) is 19.2. The van der Waals surface area contributed by atoms with Crippen molar-refractivity contribution in [1.82, 2.24) is 16.0 Å². The molecule has 0 saturated carbocycles. The number of aliphatic hydroxyl groups excluding tert-OH is 1. The summed E-state index contributed by atoms with van der Waals surface area (Å²) in [6.45, 7) is 8.22. The van der Waals surface area contributed by atoms with E-state index >= 15 is 0 Å². The first-order chi connectivity index (χ1) is 12.3. The van der Waals surface area contributed by atoms with Crippen LogP contribution in [-0.2, 0) is 9.78 Å². The van der Waals surface area contributed by atoms with Crippen molar-refractivity contribution in [3.63, 3.8) is 0 Å². The molecule has 1 fully saturated rings. The molecule has 0 radical (unpaired) electrons. The number of allylic oxidation sites excluding steroid dienone is 4. The molecule has 144 valence electrons. The Labute approximate surface area is 163 Å². The molecule has 0 bridgehead atoms. The topological polar surface area (TPSA) is 91.9 Å². The van der Waals surface area contributed by atoms with Crippen molar-refractivity contribution >= 4 is 21.1 Å². The maximum absolute atomic E-state index is 11.2. The third kappa shape index (κ3) is 5.95. The fraction of sp³-hybridized carbons (Fsp3) is 0.611. The highest BCUT2D eigenvalue weighted by Crippen LogP contribution is 2.34. The first kappa shape index (κ1) is 21.2. The summed E-state index contributed by atoms with van der Waals surface area (Å²) in [6, 6.07) is 0.176. The van der Waals surface area contributed by atoms with E-state index in [4.69, 9.17) is 9.78 Å². The second-order valence-electron chi connectivity index (χ2n) is 7.40. The van der Waals surface area contributed by atoms with E-state index in [1.54, 1.807) is 0 Å². The summed E-state index contributed by atoms with van der Waals surface area (Å²) in [5.74, 6) is 0.590. The number of aliphatic hydroxyl groups is 1. The van der Waals surface area contributed by atoms with Crippen LogP contribution in [-0.4, -0.2) is 64.7 Å². The standard InChI is InChI=1S/C18H28N3O4.Al.2H/c1-13(2)18(3)6-4-5-14(17(23)7-18)10-24-25-12-21-16-9-19-8-15(16)20-11-22;;;/h4-7,13,15-16,19,21,23H,8-10,12H2,1-3H3,(H,20,22);;;/t15-,16-,18?;;;/m1.../s1. The molecule has 0 aromatic rings. The second kappa shape index (κ2) is 9.70. The molecule has 26 heavy (non-hydrogen) atoms. The first-order valence-corrected chi connectivity index (χ1v) is 10.1. The Morgan fingerprint density at radius 3 is 2.85 bits per heavy atom. The zero-order valence-corrected chi connectivity index (χ0v) is 18.0. The van der Waals surface area contributed by atoms with Crippen LogP contribution in [0, 0.1) is 11.3 Å². The maximum atomic E-state index is 11.2. The van der Waals surface area contributed by atoms with Gasteiger partial charge in [-0.25, -0.2) is 9.78 Å². The van der Waals surface area contributed by atoms with Crippen molar-refractivity contribution in [3.8, 4) is 0 Å². The van der Waals surface area contributed by atoms with Crippen molar-refractivity contribution in [1.29, 1.82) is 0 Å². The van der Waals surface area contributed by atoms with Crippen molar-refractivity contribution < 1.29 is 19.7 Å². The number of carbonyl (C=O) groups is 1. The number of amides is 1. The van der Waals surface area contributed by atoms with Crippen molar-refractivity contribution in [2.75, 3.05) is 26.4 Å². The fourth-order valence-corrected chi connectivity index (χ4v) is 3.34. The highest BCUT2D eigenvalue weighted by molar-refractivity contribution is 6.57. The van der Waals surface area contributed by atoms with Crippen LogP contribution in [0.5, 0.6) is 0 Å². The quantitative estimate of drug-likeness (QED) is 0.164. The molecule has 0 aromatic heterocycles. The smallest absolute Gasteiger partial charge is 0.354 e. The van der Waals surface area contributed by atoms with Gasteiger partial charge in [-0.05, 0) is 12.0 Å². The van der Waals surface area contributed by atoms with Crippen molar-refractivity contribution in [2.24, 2.45) is 11.3 Å². The van der Waals surface area contributed by atoms with Gasteiger partial charge in [-0.2, -0.15) is 0 Å². The first-order valence-electron chi connectivity index (χ1n) is 9.08. The maximum Gasteiger partial charge on any atom is 0.354 e. The monoisotopic (exact) mass is 379 g/mol. The largest absolute Gasteiger partial charge is 0.508 e. The number of rotatable bonds is 8. The zero-order valence-electron chi connectivity index (χ0n) is 16.0. The molecule has 1 unspecified atom stereocenters. The van der Waals surface area contributed by atoms with Gasteiger partial charge in [0.1, 0.15) is 23.9 Å². The minimum absolute atomic E-state index is 0.0685. The Hall–Kier alpha value is -1.14. The van der Waals surface area contributed by atoms with Gasteiger partial charge in [0.2, 0.25) is 0 Å². The van der Waals surface area contributed by atoms with Gasteiger partial charge in [-0.3, -0.25) is 10.1 Å². The highest BCUT2D eigenvalue weighted by atomic mass is 27.0. The SMILES string of the molecule is CC(C)C1(C)C=CC=C(COOCN[C@@H]2CNC[C@H]2N[C](=O)[AlH2])C(O)=C1. The van der Waals surface area contributed by atoms with Gasteiger partial charge in [0.15, 0.2) is 0 Å². The van der Waals surface area contributed by atoms with Crippen LogP contribution in [0.25, 0.3) is 0 Å². The lowest BCUT2D eigenvalue weighted by Crippen LogP contribution is -2.49. The Morgan fingerprint density at radius 2 is 2.15 bits per heavy atom. The minimum atomic E-state index is -0.193. The molecular weight excluding hydrogens is 349 g/mol. The van der Waals surface area contributed by atoms with Crippen molar-refractivity contribution in [3.05, 3.63) is 35.6 Å². The third-order valence-electron chi connectivity index (χ3n) is 5.08. The summed E-state index contributed by atoms with van der Waals surface area (Å²) < 4.78 is 0.0895. The molecule has 1 aliphatic carbocycles. The van der Waals surface area contributed by atoms with Gasteiger partial charge < -0.3 is 15.7 Å². The molecule has 0 spiro atoms. The van der Waals surface area contributed by atoms with Crippen LogP contribution in [0.15, 0.2) is 35.6 Å². The van der Waals surface area contributed by atoms with Crippen LogP contribution < -0.4 is 16.0 Å². The lowest BCUT2D eigenvalue weighted by atomic mass is 9.78. The minimum Gasteiger partial charge on any atom is -0.508 e. The van der Waals surface area contributed by atoms with E-state index in [1.165, 1.54) is 0 Å². The lowest BCUT2D eigenvalue weighted by molar-refractivity contribution is -0.293. The molecule has 7 nitrogen and oxygen atoms in total. The van der Waals surface area contributed by atoms with Gasteiger partial charge in [0.25, 0.3) is 0 Å².